The molecule has 116 valence electrons. The zero-order valence-corrected chi connectivity index (χ0v) is 13.0. The second-order valence-corrected chi connectivity index (χ2v) is 6.28. The number of nitrogens with one attached hydrogen (secondary N) is 1. The number of hydrogen-bond acceptors (Lipinski definition) is 3. The van der Waals surface area contributed by atoms with E-state index in [0.29, 0.717) is 11.4 Å². The van der Waals surface area contributed by atoms with Gasteiger partial charge in [0.1, 0.15) is 5.82 Å². The number of carbonyl (C=O) groups is 1. The molecule has 22 heavy (non-hydrogen) atoms. The Morgan fingerprint density at radius 3 is 2.64 bits per heavy atom. The van der Waals surface area contributed by atoms with Gasteiger partial charge in [-0.1, -0.05) is 36.4 Å². The van der Waals surface area contributed by atoms with E-state index in [0.717, 1.165) is 5.56 Å². The molecule has 2 aromatic carbocycles. The summed E-state index contributed by atoms with van der Waals surface area (Å²) in [6.07, 6.45) is -0.615. The monoisotopic (exact) mass is 319 g/mol. The van der Waals surface area contributed by atoms with E-state index < -0.39 is 11.9 Å². The van der Waals surface area contributed by atoms with Gasteiger partial charge in [-0.15, -0.1) is 11.8 Å². The van der Waals surface area contributed by atoms with Crippen molar-refractivity contribution in [3.05, 3.63) is 66.0 Å². The quantitative estimate of drug-likeness (QED) is 0.855. The molecule has 0 aromatic heterocycles. The van der Waals surface area contributed by atoms with Gasteiger partial charge in [0, 0.05) is 11.4 Å². The van der Waals surface area contributed by atoms with E-state index >= 15 is 0 Å². The number of amides is 1. The highest BCUT2D eigenvalue weighted by Crippen LogP contribution is 2.22. The van der Waals surface area contributed by atoms with Crippen LogP contribution in [0.5, 0.6) is 0 Å². The highest BCUT2D eigenvalue weighted by atomic mass is 32.2. The molecule has 2 N–H and O–H groups in total. The van der Waals surface area contributed by atoms with E-state index in [1.807, 2.05) is 30.3 Å². The Kier molecular flexibility index (Phi) is 5.98. The van der Waals surface area contributed by atoms with Crippen molar-refractivity contribution in [2.45, 2.75) is 18.3 Å². The summed E-state index contributed by atoms with van der Waals surface area (Å²) in [5, 5.41) is 12.4. The molecule has 2 atom stereocenters. The molecule has 1 amide bonds. The Labute approximate surface area is 133 Å². The summed E-state index contributed by atoms with van der Waals surface area (Å²) in [6, 6.07) is 15.1. The summed E-state index contributed by atoms with van der Waals surface area (Å²) >= 11 is 1.36. The Morgan fingerprint density at radius 1 is 1.23 bits per heavy atom. The fourth-order valence-electron chi connectivity index (χ4n) is 1.89. The van der Waals surface area contributed by atoms with Crippen LogP contribution in [-0.4, -0.2) is 22.0 Å². The van der Waals surface area contributed by atoms with Gasteiger partial charge in [0.15, 0.2) is 0 Å². The van der Waals surface area contributed by atoms with Crippen LogP contribution in [0.4, 0.5) is 10.1 Å². The van der Waals surface area contributed by atoms with Gasteiger partial charge in [0.25, 0.3) is 0 Å². The predicted octanol–water partition coefficient (Wildman–Crippen LogP) is 3.62. The second kappa shape index (κ2) is 7.96. The lowest BCUT2D eigenvalue weighted by Crippen LogP contribution is -2.23. The molecule has 0 radical (unpaired) electrons. The number of hydrogen-bond donors (Lipinski definition) is 2. The summed E-state index contributed by atoms with van der Waals surface area (Å²) in [5.41, 5.74) is 1.26. The van der Waals surface area contributed by atoms with Crippen LogP contribution in [0.3, 0.4) is 0 Å². The van der Waals surface area contributed by atoms with E-state index in [-0.39, 0.29) is 11.2 Å². The normalized spacial score (nSPS) is 13.4. The van der Waals surface area contributed by atoms with Crippen molar-refractivity contribution < 1.29 is 14.3 Å². The van der Waals surface area contributed by atoms with E-state index in [4.69, 9.17) is 0 Å². The number of halogens is 1. The number of aliphatic hydroxyl groups excluding tert-OH is 1. The highest BCUT2D eigenvalue weighted by Gasteiger charge is 2.16. The lowest BCUT2D eigenvalue weighted by Gasteiger charge is -2.15. The molecule has 0 aliphatic rings. The van der Waals surface area contributed by atoms with Crippen LogP contribution in [0.25, 0.3) is 0 Å². The average Bonchev–Trinajstić information content (AvgIpc) is 2.53. The van der Waals surface area contributed by atoms with Crippen LogP contribution in [-0.2, 0) is 4.79 Å². The van der Waals surface area contributed by atoms with Gasteiger partial charge in [-0.25, -0.2) is 4.39 Å². The molecular formula is C17H18FNO2S. The maximum atomic E-state index is 13.1. The first-order chi connectivity index (χ1) is 10.6. The Hall–Kier alpha value is -1.85. The smallest absolute Gasteiger partial charge is 0.237 e. The fourth-order valence-corrected chi connectivity index (χ4v) is 2.77. The van der Waals surface area contributed by atoms with E-state index in [9.17, 15) is 14.3 Å². The molecule has 0 spiro atoms. The lowest BCUT2D eigenvalue weighted by molar-refractivity contribution is -0.115. The van der Waals surface area contributed by atoms with E-state index in [2.05, 4.69) is 5.32 Å². The van der Waals surface area contributed by atoms with E-state index in [1.165, 1.54) is 23.9 Å². The van der Waals surface area contributed by atoms with Gasteiger partial charge >= 0.3 is 0 Å². The van der Waals surface area contributed by atoms with Gasteiger partial charge in [0.2, 0.25) is 5.91 Å². The summed E-state index contributed by atoms with van der Waals surface area (Å²) < 4.78 is 13.1. The molecule has 0 aliphatic heterocycles. The second-order valence-electron chi connectivity index (χ2n) is 4.90. The van der Waals surface area contributed by atoms with Crippen molar-refractivity contribution in [3.63, 3.8) is 0 Å². The van der Waals surface area contributed by atoms with Crippen LogP contribution in [0, 0.1) is 5.82 Å². The molecule has 3 nitrogen and oxygen atoms in total. The van der Waals surface area contributed by atoms with Crippen molar-refractivity contribution in [1.29, 1.82) is 0 Å². The molecule has 0 heterocycles. The van der Waals surface area contributed by atoms with Crippen molar-refractivity contribution in [2.24, 2.45) is 0 Å². The molecular weight excluding hydrogens is 301 g/mol. The minimum atomic E-state index is -0.615. The van der Waals surface area contributed by atoms with Gasteiger partial charge < -0.3 is 10.4 Å². The van der Waals surface area contributed by atoms with Crippen molar-refractivity contribution >= 4 is 23.4 Å². The SMILES string of the molecule is C[C@@H](SC[C@@H](O)c1ccccc1)C(=O)Nc1cccc(F)c1. The highest BCUT2D eigenvalue weighted by molar-refractivity contribution is 8.00. The number of carbonyl (C=O) groups excluding carboxylic acids is 1. The zero-order valence-electron chi connectivity index (χ0n) is 12.2. The van der Waals surface area contributed by atoms with Crippen LogP contribution >= 0.6 is 11.8 Å². The van der Waals surface area contributed by atoms with Crippen molar-refractivity contribution in [1.82, 2.24) is 0 Å². The molecule has 0 saturated carbocycles. The fraction of sp³-hybridized carbons (Fsp3) is 0.235. The summed E-state index contributed by atoms with van der Waals surface area (Å²) in [6.45, 7) is 1.76. The van der Waals surface area contributed by atoms with Gasteiger partial charge in [-0.05, 0) is 30.7 Å². The van der Waals surface area contributed by atoms with E-state index in [1.54, 1.807) is 19.1 Å². The topological polar surface area (TPSA) is 49.3 Å². The third-order valence-corrected chi connectivity index (χ3v) is 4.37. The van der Waals surface area contributed by atoms with Crippen molar-refractivity contribution in [2.75, 3.05) is 11.1 Å². The van der Waals surface area contributed by atoms with Crippen LogP contribution in [0.2, 0.25) is 0 Å². The Balaban J connectivity index is 1.84. The number of thioether (sulfide) groups is 1. The largest absolute Gasteiger partial charge is 0.388 e. The molecule has 0 saturated heterocycles. The number of rotatable bonds is 6. The third kappa shape index (κ3) is 4.86. The first-order valence-corrected chi connectivity index (χ1v) is 8.02. The molecule has 0 aliphatic carbocycles. The maximum absolute atomic E-state index is 13.1. The van der Waals surface area contributed by atoms with Gasteiger partial charge in [0.05, 0.1) is 11.4 Å². The predicted molar refractivity (Wildman–Crippen MR) is 88.4 cm³/mol. The van der Waals surface area contributed by atoms with Crippen LogP contribution in [0.15, 0.2) is 54.6 Å². The first kappa shape index (κ1) is 16.5. The number of benzene rings is 2. The summed E-state index contributed by atoms with van der Waals surface area (Å²) in [5.74, 6) is -0.185. The third-order valence-electron chi connectivity index (χ3n) is 3.15. The molecule has 0 bridgehead atoms. The summed E-state index contributed by atoms with van der Waals surface area (Å²) in [4.78, 5) is 12.0. The molecule has 0 fully saturated rings. The molecule has 5 heteroatoms. The van der Waals surface area contributed by atoms with Crippen LogP contribution in [0.1, 0.15) is 18.6 Å². The molecule has 2 aromatic rings. The van der Waals surface area contributed by atoms with Gasteiger partial charge in [-0.3, -0.25) is 4.79 Å². The molecule has 0 unspecified atom stereocenters. The number of anilines is 1. The Morgan fingerprint density at radius 2 is 1.95 bits per heavy atom. The number of aliphatic hydroxyl groups is 1. The maximum Gasteiger partial charge on any atom is 0.237 e. The zero-order chi connectivity index (χ0) is 15.9. The average molecular weight is 319 g/mol. The van der Waals surface area contributed by atoms with Crippen molar-refractivity contribution in [3.8, 4) is 0 Å². The minimum Gasteiger partial charge on any atom is -0.388 e. The Bertz CT molecular complexity index is 621. The lowest BCUT2D eigenvalue weighted by atomic mass is 10.1. The summed E-state index contributed by atoms with van der Waals surface area (Å²) in [7, 11) is 0. The minimum absolute atomic E-state index is 0.212. The standard InChI is InChI=1S/C17H18FNO2S/c1-12(17(21)19-15-9-5-8-14(18)10-15)22-11-16(20)13-6-3-2-4-7-13/h2-10,12,16,20H,11H2,1H3,(H,19,21)/t12-,16-/m1/s1. The van der Waals surface area contributed by atoms with Crippen LogP contribution < -0.4 is 5.32 Å². The first-order valence-electron chi connectivity index (χ1n) is 6.97. The molecule has 2 rings (SSSR count). The van der Waals surface area contributed by atoms with Gasteiger partial charge in [-0.2, -0.15) is 0 Å².